The Morgan fingerprint density at radius 1 is 1.80 bits per heavy atom. The van der Waals surface area contributed by atoms with E-state index in [-0.39, 0.29) is 19.0 Å². The molecule has 1 rings (SSSR count). The number of hydrogen-bond donors (Lipinski definition) is 2. The maximum Gasteiger partial charge on any atom is 0.414 e. The molecule has 2 amide bonds. The SMILES string of the molecule is NC1CC(=O)N(C(=O)O)C1. The Hall–Kier alpha value is -1.10. The molecule has 0 aromatic heterocycles. The van der Waals surface area contributed by atoms with Gasteiger partial charge in [-0.05, 0) is 0 Å². The van der Waals surface area contributed by atoms with Gasteiger partial charge in [-0.25, -0.2) is 9.69 Å². The molecule has 0 spiro atoms. The number of carboxylic acid groups (broad SMARTS) is 1. The summed E-state index contributed by atoms with van der Waals surface area (Å²) < 4.78 is 0. The molecule has 5 heteroatoms. The van der Waals surface area contributed by atoms with Crippen LogP contribution in [0.15, 0.2) is 0 Å². The molecule has 1 aliphatic rings. The van der Waals surface area contributed by atoms with E-state index in [1.54, 1.807) is 0 Å². The number of nitrogens with two attached hydrogens (primary N) is 1. The van der Waals surface area contributed by atoms with Gasteiger partial charge in [0.25, 0.3) is 0 Å². The number of carbonyl (C=O) groups excluding carboxylic acids is 1. The summed E-state index contributed by atoms with van der Waals surface area (Å²) in [6, 6.07) is -0.316. The van der Waals surface area contributed by atoms with E-state index < -0.39 is 12.0 Å². The van der Waals surface area contributed by atoms with Crippen LogP contribution in [-0.2, 0) is 4.79 Å². The zero-order valence-electron chi connectivity index (χ0n) is 5.28. The quantitative estimate of drug-likeness (QED) is 0.467. The highest BCUT2D eigenvalue weighted by Crippen LogP contribution is 2.08. The van der Waals surface area contributed by atoms with E-state index in [2.05, 4.69) is 0 Å². The minimum Gasteiger partial charge on any atom is -0.465 e. The van der Waals surface area contributed by atoms with Crippen molar-refractivity contribution >= 4 is 12.0 Å². The second-order valence-electron chi connectivity index (χ2n) is 2.25. The fourth-order valence-corrected chi connectivity index (χ4v) is 0.920. The van der Waals surface area contributed by atoms with Gasteiger partial charge < -0.3 is 10.8 Å². The summed E-state index contributed by atoms with van der Waals surface area (Å²) in [4.78, 5) is 21.6. The first-order chi connectivity index (χ1) is 4.61. The molecule has 0 aromatic rings. The highest BCUT2D eigenvalue weighted by atomic mass is 16.4. The average Bonchev–Trinajstić information content (AvgIpc) is 2.10. The number of nitrogens with zero attached hydrogens (tertiary/aromatic N) is 1. The topological polar surface area (TPSA) is 83.6 Å². The molecule has 0 radical (unpaired) electrons. The number of carbonyl (C=O) groups is 2. The Balaban J connectivity index is 2.63. The van der Waals surface area contributed by atoms with Crippen LogP contribution in [0.4, 0.5) is 4.79 Å². The van der Waals surface area contributed by atoms with Crippen molar-refractivity contribution in [1.82, 2.24) is 4.90 Å². The van der Waals surface area contributed by atoms with Crippen molar-refractivity contribution in [3.8, 4) is 0 Å². The monoisotopic (exact) mass is 144 g/mol. The third kappa shape index (κ3) is 1.08. The summed E-state index contributed by atoms with van der Waals surface area (Å²) in [5, 5.41) is 8.35. The number of rotatable bonds is 0. The maximum absolute atomic E-state index is 10.7. The first-order valence-electron chi connectivity index (χ1n) is 2.90. The smallest absolute Gasteiger partial charge is 0.414 e. The minimum atomic E-state index is -1.21. The van der Waals surface area contributed by atoms with E-state index in [1.807, 2.05) is 0 Å². The lowest BCUT2D eigenvalue weighted by Gasteiger charge is -2.06. The standard InChI is InChI=1S/C5H8N2O3/c6-3-1-4(8)7(2-3)5(9)10/h3H,1-2,6H2,(H,9,10). The molecule has 1 unspecified atom stereocenters. The Morgan fingerprint density at radius 3 is 2.60 bits per heavy atom. The number of imide groups is 1. The van der Waals surface area contributed by atoms with Crippen LogP contribution in [0.25, 0.3) is 0 Å². The Bertz CT molecular complexity index is 180. The van der Waals surface area contributed by atoms with Crippen molar-refractivity contribution in [2.75, 3.05) is 6.54 Å². The molecule has 0 aromatic carbocycles. The summed E-state index contributed by atoms with van der Waals surface area (Å²) in [6.45, 7) is 0.133. The van der Waals surface area contributed by atoms with Gasteiger partial charge in [-0.3, -0.25) is 4.79 Å². The van der Waals surface area contributed by atoms with E-state index in [1.165, 1.54) is 0 Å². The third-order valence-electron chi connectivity index (χ3n) is 1.39. The molecular formula is C5H8N2O3. The fraction of sp³-hybridized carbons (Fsp3) is 0.600. The zero-order chi connectivity index (χ0) is 7.72. The number of likely N-dealkylation sites (tertiary alicyclic amines) is 1. The lowest BCUT2D eigenvalue weighted by atomic mass is 10.3. The van der Waals surface area contributed by atoms with Crippen molar-refractivity contribution in [1.29, 1.82) is 0 Å². The van der Waals surface area contributed by atoms with E-state index in [0.29, 0.717) is 0 Å². The van der Waals surface area contributed by atoms with Gasteiger partial charge in [-0.1, -0.05) is 0 Å². The second kappa shape index (κ2) is 2.26. The maximum atomic E-state index is 10.7. The molecule has 1 atom stereocenters. The predicted octanol–water partition coefficient (Wildman–Crippen LogP) is -0.776. The van der Waals surface area contributed by atoms with Gasteiger partial charge in [0.1, 0.15) is 0 Å². The molecule has 0 bridgehead atoms. The van der Waals surface area contributed by atoms with Crippen molar-refractivity contribution in [3.05, 3.63) is 0 Å². The summed E-state index contributed by atoms with van der Waals surface area (Å²) in [6.07, 6.45) is -1.07. The Kier molecular flexibility index (Phi) is 1.58. The van der Waals surface area contributed by atoms with Gasteiger partial charge in [-0.2, -0.15) is 0 Å². The minimum absolute atomic E-state index is 0.133. The zero-order valence-corrected chi connectivity index (χ0v) is 5.28. The first-order valence-corrected chi connectivity index (χ1v) is 2.90. The van der Waals surface area contributed by atoms with Crippen LogP contribution in [0.3, 0.4) is 0 Å². The van der Waals surface area contributed by atoms with Crippen molar-refractivity contribution in [2.45, 2.75) is 12.5 Å². The van der Waals surface area contributed by atoms with Crippen LogP contribution in [-0.4, -0.2) is 34.6 Å². The van der Waals surface area contributed by atoms with Crippen LogP contribution in [0.5, 0.6) is 0 Å². The van der Waals surface area contributed by atoms with Crippen LogP contribution >= 0.6 is 0 Å². The Morgan fingerprint density at radius 2 is 2.40 bits per heavy atom. The first kappa shape index (κ1) is 7.01. The largest absolute Gasteiger partial charge is 0.465 e. The van der Waals surface area contributed by atoms with E-state index in [9.17, 15) is 9.59 Å². The van der Waals surface area contributed by atoms with Crippen LogP contribution in [0.2, 0.25) is 0 Å². The molecule has 1 saturated heterocycles. The fourth-order valence-electron chi connectivity index (χ4n) is 0.920. The summed E-state index contributed by atoms with van der Waals surface area (Å²) in [5.74, 6) is -0.403. The van der Waals surface area contributed by atoms with Gasteiger partial charge >= 0.3 is 6.09 Å². The third-order valence-corrected chi connectivity index (χ3v) is 1.39. The van der Waals surface area contributed by atoms with Gasteiger partial charge in [0, 0.05) is 19.0 Å². The van der Waals surface area contributed by atoms with Crippen molar-refractivity contribution in [3.63, 3.8) is 0 Å². The van der Waals surface area contributed by atoms with E-state index >= 15 is 0 Å². The molecule has 1 fully saturated rings. The molecule has 10 heavy (non-hydrogen) atoms. The molecule has 1 heterocycles. The lowest BCUT2D eigenvalue weighted by Crippen LogP contribution is -2.32. The molecule has 3 N–H and O–H groups in total. The summed E-state index contributed by atoms with van der Waals surface area (Å²) >= 11 is 0. The normalized spacial score (nSPS) is 25.5. The molecular weight excluding hydrogens is 136 g/mol. The van der Waals surface area contributed by atoms with Crippen LogP contribution in [0.1, 0.15) is 6.42 Å². The predicted molar refractivity (Wildman–Crippen MR) is 32.3 cm³/mol. The average molecular weight is 144 g/mol. The molecule has 0 aliphatic carbocycles. The van der Waals surface area contributed by atoms with Crippen LogP contribution < -0.4 is 5.73 Å². The lowest BCUT2D eigenvalue weighted by molar-refractivity contribution is -0.125. The van der Waals surface area contributed by atoms with Crippen LogP contribution in [0, 0.1) is 0 Å². The second-order valence-corrected chi connectivity index (χ2v) is 2.25. The van der Waals surface area contributed by atoms with Crippen molar-refractivity contribution < 1.29 is 14.7 Å². The summed E-state index contributed by atoms with van der Waals surface area (Å²) in [7, 11) is 0. The number of amides is 2. The van der Waals surface area contributed by atoms with Gasteiger partial charge in [0.2, 0.25) is 5.91 Å². The van der Waals surface area contributed by atoms with Gasteiger partial charge in [0.05, 0.1) is 0 Å². The van der Waals surface area contributed by atoms with E-state index in [4.69, 9.17) is 10.8 Å². The van der Waals surface area contributed by atoms with Gasteiger partial charge in [0.15, 0.2) is 0 Å². The molecule has 5 nitrogen and oxygen atoms in total. The van der Waals surface area contributed by atoms with E-state index in [0.717, 1.165) is 4.90 Å². The van der Waals surface area contributed by atoms with Crippen molar-refractivity contribution in [2.24, 2.45) is 5.73 Å². The Labute approximate surface area is 57.4 Å². The number of hydrogen-bond acceptors (Lipinski definition) is 3. The highest BCUT2D eigenvalue weighted by molar-refractivity contribution is 5.93. The van der Waals surface area contributed by atoms with Gasteiger partial charge in [-0.15, -0.1) is 0 Å². The molecule has 0 saturated carbocycles. The molecule has 1 aliphatic heterocycles. The summed E-state index contributed by atoms with van der Waals surface area (Å²) in [5.41, 5.74) is 5.33. The highest BCUT2D eigenvalue weighted by Gasteiger charge is 2.31. The molecule has 56 valence electrons.